The minimum atomic E-state index is 0. The predicted molar refractivity (Wildman–Crippen MR) is 133 cm³/mol. The Hall–Kier alpha value is -1.32. The van der Waals surface area contributed by atoms with Crippen LogP contribution in [0.4, 0.5) is 0 Å². The van der Waals surface area contributed by atoms with E-state index in [1.807, 2.05) is 18.2 Å². The molecule has 1 atom stereocenters. The molecule has 7 heteroatoms. The summed E-state index contributed by atoms with van der Waals surface area (Å²) in [5.41, 5.74) is 1.08. The number of hydrogen-bond acceptors (Lipinski definition) is 4. The van der Waals surface area contributed by atoms with Gasteiger partial charge in [-0.3, -0.25) is 0 Å². The number of aliphatic imine (C=N–C) groups is 1. The van der Waals surface area contributed by atoms with Gasteiger partial charge in [-0.05, 0) is 26.0 Å². The Kier molecular flexibility index (Phi) is 13.0. The zero-order valence-corrected chi connectivity index (χ0v) is 20.5. The predicted octanol–water partition coefficient (Wildman–Crippen LogP) is 2.81. The first kappa shape index (κ1) is 25.7. The Morgan fingerprint density at radius 2 is 1.97 bits per heavy atom. The molecule has 6 nitrogen and oxygen atoms in total. The highest BCUT2D eigenvalue weighted by molar-refractivity contribution is 14.0. The average molecular weight is 515 g/mol. The van der Waals surface area contributed by atoms with Gasteiger partial charge >= 0.3 is 0 Å². The molecule has 1 aromatic rings. The summed E-state index contributed by atoms with van der Waals surface area (Å²) in [5.74, 6) is 2.28. The molecule has 0 bridgehead atoms. The summed E-state index contributed by atoms with van der Waals surface area (Å²) in [6, 6.07) is 8.04. The molecule has 1 fully saturated rings. The Balaban J connectivity index is 0.00000420. The van der Waals surface area contributed by atoms with E-state index in [1.165, 1.54) is 0 Å². The van der Waals surface area contributed by atoms with Crippen LogP contribution in [0.2, 0.25) is 0 Å². The van der Waals surface area contributed by atoms with Gasteiger partial charge in [0.25, 0.3) is 0 Å². The maximum Gasteiger partial charge on any atom is 0.191 e. The minimum absolute atomic E-state index is 0. The number of halogens is 1. The molecule has 1 saturated heterocycles. The first-order valence-corrected chi connectivity index (χ1v) is 10.4. The largest absolute Gasteiger partial charge is 0.489 e. The van der Waals surface area contributed by atoms with Crippen LogP contribution in [0.15, 0.2) is 41.9 Å². The van der Waals surface area contributed by atoms with Gasteiger partial charge in [0.2, 0.25) is 0 Å². The molecule has 2 rings (SSSR count). The van der Waals surface area contributed by atoms with Gasteiger partial charge in [0.1, 0.15) is 12.4 Å². The van der Waals surface area contributed by atoms with Gasteiger partial charge < -0.3 is 25.2 Å². The highest BCUT2D eigenvalue weighted by atomic mass is 127. The zero-order valence-electron chi connectivity index (χ0n) is 18.2. The van der Waals surface area contributed by atoms with Gasteiger partial charge in [0.15, 0.2) is 5.96 Å². The van der Waals surface area contributed by atoms with Crippen molar-refractivity contribution >= 4 is 29.9 Å². The lowest BCUT2D eigenvalue weighted by molar-refractivity contribution is 0.139. The van der Waals surface area contributed by atoms with Crippen molar-refractivity contribution in [3.8, 4) is 5.75 Å². The highest BCUT2D eigenvalue weighted by Crippen LogP contribution is 2.18. The number of piperazine rings is 1. The number of nitrogens with zero attached hydrogens (tertiary/aromatic N) is 3. The Labute approximate surface area is 193 Å². The van der Waals surface area contributed by atoms with Crippen LogP contribution in [0.5, 0.6) is 5.75 Å². The molecule has 0 spiro atoms. The maximum atomic E-state index is 5.73. The number of hydrogen-bond donors (Lipinski definition) is 2. The molecule has 0 saturated carbocycles. The number of nitrogens with one attached hydrogen (secondary N) is 2. The van der Waals surface area contributed by atoms with E-state index in [-0.39, 0.29) is 24.0 Å². The van der Waals surface area contributed by atoms with E-state index in [4.69, 9.17) is 9.73 Å². The van der Waals surface area contributed by atoms with E-state index < -0.39 is 0 Å². The Bertz CT molecular complexity index is 617. The molecule has 0 aliphatic carbocycles. The second-order valence-electron chi connectivity index (χ2n) is 7.49. The van der Waals surface area contributed by atoms with Crippen molar-refractivity contribution in [2.75, 3.05) is 59.5 Å². The van der Waals surface area contributed by atoms with E-state index in [9.17, 15) is 0 Å². The number of likely N-dealkylation sites (N-methyl/N-ethyl adjacent to an activating group) is 1. The molecule has 1 heterocycles. The quantitative estimate of drug-likeness (QED) is 0.217. The fraction of sp³-hybridized carbons (Fsp3) is 0.591. The van der Waals surface area contributed by atoms with Crippen LogP contribution < -0.4 is 15.4 Å². The van der Waals surface area contributed by atoms with Crippen molar-refractivity contribution in [1.29, 1.82) is 0 Å². The van der Waals surface area contributed by atoms with Gasteiger partial charge in [-0.15, -0.1) is 24.0 Å². The van der Waals surface area contributed by atoms with Gasteiger partial charge in [-0.25, -0.2) is 4.99 Å². The van der Waals surface area contributed by atoms with E-state index in [1.54, 1.807) is 6.08 Å². The molecular weight excluding hydrogens is 477 g/mol. The summed E-state index contributed by atoms with van der Waals surface area (Å²) in [6.07, 6.45) is 1.76. The molecule has 2 N–H and O–H groups in total. The van der Waals surface area contributed by atoms with Crippen LogP contribution in [0, 0.1) is 5.92 Å². The second-order valence-corrected chi connectivity index (χ2v) is 7.49. The Morgan fingerprint density at radius 3 is 2.66 bits per heavy atom. The smallest absolute Gasteiger partial charge is 0.191 e. The third-order valence-electron chi connectivity index (χ3n) is 4.86. The molecule has 1 unspecified atom stereocenters. The van der Waals surface area contributed by atoms with Crippen molar-refractivity contribution in [1.82, 2.24) is 20.4 Å². The van der Waals surface area contributed by atoms with E-state index in [2.05, 4.69) is 54.0 Å². The van der Waals surface area contributed by atoms with Gasteiger partial charge in [-0.2, -0.15) is 0 Å². The van der Waals surface area contributed by atoms with Crippen LogP contribution in [0.1, 0.15) is 19.4 Å². The average Bonchev–Trinajstić information content (AvgIpc) is 2.71. The number of guanidine groups is 1. The molecule has 1 aromatic carbocycles. The number of rotatable bonds is 10. The molecule has 164 valence electrons. The molecule has 0 radical (unpaired) electrons. The summed E-state index contributed by atoms with van der Waals surface area (Å²) >= 11 is 0. The van der Waals surface area contributed by atoms with Crippen molar-refractivity contribution in [2.24, 2.45) is 10.9 Å². The number of benzene rings is 1. The second kappa shape index (κ2) is 14.6. The lowest BCUT2D eigenvalue weighted by Gasteiger charge is -2.34. The van der Waals surface area contributed by atoms with Crippen LogP contribution in [0.25, 0.3) is 0 Å². The molecular formula is C22H38IN5O. The first-order chi connectivity index (χ1) is 13.6. The summed E-state index contributed by atoms with van der Waals surface area (Å²) < 4.78 is 5.73. The maximum absolute atomic E-state index is 5.73. The van der Waals surface area contributed by atoms with Crippen LogP contribution in [0.3, 0.4) is 0 Å². The summed E-state index contributed by atoms with van der Waals surface area (Å²) in [4.78, 5) is 9.70. The lowest BCUT2D eigenvalue weighted by atomic mass is 10.1. The van der Waals surface area contributed by atoms with Gasteiger partial charge in [0.05, 0.1) is 6.54 Å². The van der Waals surface area contributed by atoms with Crippen molar-refractivity contribution in [3.05, 3.63) is 42.5 Å². The van der Waals surface area contributed by atoms with E-state index in [0.29, 0.717) is 19.1 Å². The Morgan fingerprint density at radius 1 is 1.24 bits per heavy atom. The van der Waals surface area contributed by atoms with Crippen LogP contribution in [-0.4, -0.2) is 75.2 Å². The molecule has 1 aliphatic heterocycles. The SMILES string of the molecule is C=CCOc1ccccc1CN=C(NCC)NCC(C)CN1CCN(C)CC1.I. The fourth-order valence-corrected chi connectivity index (χ4v) is 3.24. The summed E-state index contributed by atoms with van der Waals surface area (Å²) in [5, 5.41) is 6.84. The standard InChI is InChI=1S/C22H37N5O.HI/c1-5-15-28-21-10-8-7-9-20(21)17-25-22(23-6-2)24-16-19(3)18-27-13-11-26(4)12-14-27;/h5,7-10,19H,1,6,11-18H2,2-4H3,(H2,23,24,25);1H. The van der Waals surface area contributed by atoms with Crippen molar-refractivity contribution < 1.29 is 4.74 Å². The third-order valence-corrected chi connectivity index (χ3v) is 4.86. The van der Waals surface area contributed by atoms with Crippen LogP contribution in [-0.2, 0) is 6.54 Å². The van der Waals surface area contributed by atoms with E-state index in [0.717, 1.165) is 63.1 Å². The van der Waals surface area contributed by atoms with Crippen molar-refractivity contribution in [3.63, 3.8) is 0 Å². The third kappa shape index (κ3) is 9.82. The molecule has 0 amide bonds. The molecule has 29 heavy (non-hydrogen) atoms. The monoisotopic (exact) mass is 515 g/mol. The number of ether oxygens (including phenoxy) is 1. The molecule has 1 aliphatic rings. The summed E-state index contributed by atoms with van der Waals surface area (Å²) in [7, 11) is 2.20. The van der Waals surface area contributed by atoms with Crippen LogP contribution >= 0.6 is 24.0 Å². The van der Waals surface area contributed by atoms with Gasteiger partial charge in [-0.1, -0.05) is 37.8 Å². The highest BCUT2D eigenvalue weighted by Gasteiger charge is 2.16. The zero-order chi connectivity index (χ0) is 20.2. The first-order valence-electron chi connectivity index (χ1n) is 10.4. The normalized spacial score (nSPS) is 16.6. The van der Waals surface area contributed by atoms with Crippen molar-refractivity contribution in [2.45, 2.75) is 20.4 Å². The van der Waals surface area contributed by atoms with Gasteiger partial charge in [0, 0.05) is 51.4 Å². The van der Waals surface area contributed by atoms with E-state index >= 15 is 0 Å². The topological polar surface area (TPSA) is 52.1 Å². The molecule has 0 aromatic heterocycles. The number of para-hydroxylation sites is 1. The fourth-order valence-electron chi connectivity index (χ4n) is 3.24. The lowest BCUT2D eigenvalue weighted by Crippen LogP contribution is -2.47. The summed E-state index contributed by atoms with van der Waals surface area (Å²) in [6.45, 7) is 16.7. The minimum Gasteiger partial charge on any atom is -0.489 e.